The molecule has 1 amide bonds. The first-order valence-corrected chi connectivity index (χ1v) is 7.39. The number of H-pyrrole nitrogens is 1. The Kier molecular flexibility index (Phi) is 4.10. The van der Waals surface area contributed by atoms with Gasteiger partial charge < -0.3 is 10.4 Å². The Hall–Kier alpha value is -2.70. The van der Waals surface area contributed by atoms with Gasteiger partial charge in [-0.3, -0.25) is 9.89 Å². The Morgan fingerprint density at radius 1 is 1.30 bits per heavy atom. The van der Waals surface area contributed by atoms with Crippen LogP contribution in [0.5, 0.6) is 0 Å². The number of amides is 1. The number of rotatable bonds is 5. The number of benzene rings is 1. The lowest BCUT2D eigenvalue weighted by Gasteiger charge is -2.34. The van der Waals surface area contributed by atoms with E-state index >= 15 is 0 Å². The van der Waals surface area contributed by atoms with Crippen molar-refractivity contribution in [1.29, 1.82) is 0 Å². The van der Waals surface area contributed by atoms with Crippen molar-refractivity contribution in [3.05, 3.63) is 53.1 Å². The molecule has 0 saturated heterocycles. The predicted molar refractivity (Wildman–Crippen MR) is 79.5 cm³/mol. The van der Waals surface area contributed by atoms with Gasteiger partial charge in [0.05, 0.1) is 6.04 Å². The summed E-state index contributed by atoms with van der Waals surface area (Å²) in [6.07, 6.45) is 3.08. The zero-order valence-electron chi connectivity index (χ0n) is 12.3. The quantitative estimate of drug-likeness (QED) is 0.789. The molecule has 1 aromatic carbocycles. The van der Waals surface area contributed by atoms with Crippen LogP contribution in [0.4, 0.5) is 4.39 Å². The third-order valence-electron chi connectivity index (χ3n) is 4.18. The Balaban J connectivity index is 1.78. The van der Waals surface area contributed by atoms with Gasteiger partial charge in [-0.1, -0.05) is 18.6 Å². The standard InChI is InChI=1S/C16H16FN3O3/c17-11-6-4-10(5-7-11)14(9-2-1-3-9)18-15(21)12-8-13(16(22)23)20-19-12/h4-9,14H,1-3H2,(H,18,21)(H,19,20)(H,22,23). The summed E-state index contributed by atoms with van der Waals surface area (Å²) in [6.45, 7) is 0. The van der Waals surface area contributed by atoms with Gasteiger partial charge in [0.15, 0.2) is 5.69 Å². The van der Waals surface area contributed by atoms with Gasteiger partial charge in [-0.15, -0.1) is 0 Å². The van der Waals surface area contributed by atoms with E-state index in [0.29, 0.717) is 5.92 Å². The molecular weight excluding hydrogens is 301 g/mol. The van der Waals surface area contributed by atoms with Crippen LogP contribution >= 0.6 is 0 Å². The highest BCUT2D eigenvalue weighted by Crippen LogP contribution is 2.37. The van der Waals surface area contributed by atoms with Gasteiger partial charge in [0.25, 0.3) is 5.91 Å². The largest absolute Gasteiger partial charge is 0.477 e. The topological polar surface area (TPSA) is 95.1 Å². The van der Waals surface area contributed by atoms with Crippen LogP contribution in [-0.4, -0.2) is 27.2 Å². The number of aromatic amines is 1. The minimum absolute atomic E-state index is 0.0221. The Bertz CT molecular complexity index is 722. The van der Waals surface area contributed by atoms with Crippen LogP contribution in [0.15, 0.2) is 30.3 Å². The highest BCUT2D eigenvalue weighted by Gasteiger charge is 2.30. The van der Waals surface area contributed by atoms with Gasteiger partial charge in [0.2, 0.25) is 0 Å². The molecule has 2 aromatic rings. The lowest BCUT2D eigenvalue weighted by atomic mass is 9.77. The molecule has 120 valence electrons. The molecule has 0 spiro atoms. The lowest BCUT2D eigenvalue weighted by Crippen LogP contribution is -2.36. The molecule has 0 bridgehead atoms. The first-order chi connectivity index (χ1) is 11.0. The minimum Gasteiger partial charge on any atom is -0.477 e. The number of carboxylic acid groups (broad SMARTS) is 1. The molecule has 0 aliphatic heterocycles. The molecule has 1 fully saturated rings. The van der Waals surface area contributed by atoms with Crippen molar-refractivity contribution in [3.63, 3.8) is 0 Å². The van der Waals surface area contributed by atoms with Crippen molar-refractivity contribution in [1.82, 2.24) is 15.5 Å². The van der Waals surface area contributed by atoms with Crippen LogP contribution in [0, 0.1) is 11.7 Å². The number of carboxylic acids is 1. The number of carbonyl (C=O) groups excluding carboxylic acids is 1. The summed E-state index contributed by atoms with van der Waals surface area (Å²) in [7, 11) is 0. The van der Waals surface area contributed by atoms with Crippen molar-refractivity contribution in [2.45, 2.75) is 25.3 Å². The van der Waals surface area contributed by atoms with Gasteiger partial charge in [0.1, 0.15) is 11.5 Å². The fraction of sp³-hybridized carbons (Fsp3) is 0.312. The molecule has 1 aliphatic rings. The van der Waals surface area contributed by atoms with Crippen molar-refractivity contribution >= 4 is 11.9 Å². The fourth-order valence-corrected chi connectivity index (χ4v) is 2.68. The first kappa shape index (κ1) is 15.2. The minimum atomic E-state index is -1.18. The van der Waals surface area contributed by atoms with E-state index < -0.39 is 11.9 Å². The Labute approximate surface area is 131 Å². The molecule has 1 heterocycles. The molecule has 1 atom stereocenters. The summed E-state index contributed by atoms with van der Waals surface area (Å²) in [5, 5.41) is 17.8. The summed E-state index contributed by atoms with van der Waals surface area (Å²) in [4.78, 5) is 23.2. The van der Waals surface area contributed by atoms with Gasteiger partial charge >= 0.3 is 5.97 Å². The Morgan fingerprint density at radius 3 is 2.52 bits per heavy atom. The molecule has 1 saturated carbocycles. The van der Waals surface area contributed by atoms with Crippen molar-refractivity contribution in [2.24, 2.45) is 5.92 Å². The molecular formula is C16H16FN3O3. The number of nitrogens with zero attached hydrogens (tertiary/aromatic N) is 1. The van der Waals surface area contributed by atoms with E-state index in [2.05, 4.69) is 15.5 Å². The monoisotopic (exact) mass is 317 g/mol. The zero-order valence-corrected chi connectivity index (χ0v) is 12.3. The van der Waals surface area contributed by atoms with Crippen LogP contribution in [0.3, 0.4) is 0 Å². The molecule has 0 radical (unpaired) electrons. The number of aromatic carboxylic acids is 1. The lowest BCUT2D eigenvalue weighted by molar-refractivity contribution is 0.0690. The van der Waals surface area contributed by atoms with Crippen LogP contribution in [0.1, 0.15) is 51.8 Å². The molecule has 1 aliphatic carbocycles. The van der Waals surface area contributed by atoms with Crippen molar-refractivity contribution in [2.75, 3.05) is 0 Å². The molecule has 6 nitrogen and oxygen atoms in total. The van der Waals surface area contributed by atoms with Gasteiger partial charge in [-0.05, 0) is 36.5 Å². The van der Waals surface area contributed by atoms with Crippen LogP contribution in [-0.2, 0) is 0 Å². The molecule has 1 aromatic heterocycles. The van der Waals surface area contributed by atoms with E-state index in [1.165, 1.54) is 18.2 Å². The number of nitrogens with one attached hydrogen (secondary N) is 2. The van der Waals surface area contributed by atoms with E-state index in [-0.39, 0.29) is 23.2 Å². The highest BCUT2D eigenvalue weighted by molar-refractivity contribution is 5.95. The summed E-state index contributed by atoms with van der Waals surface area (Å²) in [5.74, 6) is -1.66. The average molecular weight is 317 g/mol. The van der Waals surface area contributed by atoms with Crippen LogP contribution in [0.25, 0.3) is 0 Å². The van der Waals surface area contributed by atoms with Crippen LogP contribution < -0.4 is 5.32 Å². The van der Waals surface area contributed by atoms with Gasteiger partial charge in [0, 0.05) is 6.07 Å². The second kappa shape index (κ2) is 6.20. The smallest absolute Gasteiger partial charge is 0.353 e. The molecule has 1 unspecified atom stereocenters. The van der Waals surface area contributed by atoms with E-state index in [1.807, 2.05) is 0 Å². The average Bonchev–Trinajstić information content (AvgIpc) is 2.95. The Morgan fingerprint density at radius 2 is 2.00 bits per heavy atom. The van der Waals surface area contributed by atoms with E-state index in [1.54, 1.807) is 12.1 Å². The first-order valence-electron chi connectivity index (χ1n) is 7.39. The fourth-order valence-electron chi connectivity index (χ4n) is 2.68. The number of hydrogen-bond acceptors (Lipinski definition) is 3. The maximum Gasteiger partial charge on any atom is 0.353 e. The number of aromatic nitrogens is 2. The van der Waals surface area contributed by atoms with Crippen molar-refractivity contribution < 1.29 is 19.1 Å². The second-order valence-corrected chi connectivity index (χ2v) is 5.67. The summed E-state index contributed by atoms with van der Waals surface area (Å²) < 4.78 is 13.1. The normalized spacial score (nSPS) is 15.7. The third-order valence-corrected chi connectivity index (χ3v) is 4.18. The van der Waals surface area contributed by atoms with E-state index in [9.17, 15) is 14.0 Å². The summed E-state index contributed by atoms with van der Waals surface area (Å²) >= 11 is 0. The molecule has 7 heteroatoms. The maximum atomic E-state index is 13.1. The van der Waals surface area contributed by atoms with E-state index in [4.69, 9.17) is 5.11 Å². The van der Waals surface area contributed by atoms with E-state index in [0.717, 1.165) is 24.8 Å². The molecule has 3 rings (SSSR count). The zero-order chi connectivity index (χ0) is 16.4. The summed E-state index contributed by atoms with van der Waals surface area (Å²) in [5.41, 5.74) is 0.712. The molecule has 23 heavy (non-hydrogen) atoms. The number of hydrogen-bond donors (Lipinski definition) is 3. The highest BCUT2D eigenvalue weighted by atomic mass is 19.1. The maximum absolute atomic E-state index is 13.1. The van der Waals surface area contributed by atoms with Crippen molar-refractivity contribution in [3.8, 4) is 0 Å². The van der Waals surface area contributed by atoms with Crippen LogP contribution in [0.2, 0.25) is 0 Å². The SMILES string of the molecule is O=C(NC(c1ccc(F)cc1)C1CCC1)c1cc(C(=O)O)[nH]n1. The van der Waals surface area contributed by atoms with Gasteiger partial charge in [-0.25, -0.2) is 9.18 Å². The molecule has 3 N–H and O–H groups in total. The second-order valence-electron chi connectivity index (χ2n) is 5.67. The number of halogens is 1. The third kappa shape index (κ3) is 3.23. The predicted octanol–water partition coefficient (Wildman–Crippen LogP) is 2.52. The number of carbonyl (C=O) groups is 2. The summed E-state index contributed by atoms with van der Waals surface area (Å²) in [6, 6.07) is 7.01. The van der Waals surface area contributed by atoms with Gasteiger partial charge in [-0.2, -0.15) is 5.10 Å².